The van der Waals surface area contributed by atoms with Crippen molar-refractivity contribution in [3.63, 3.8) is 0 Å². The molecule has 1 aromatic rings. The molecule has 0 radical (unpaired) electrons. The van der Waals surface area contributed by atoms with E-state index in [1.807, 2.05) is 0 Å². The average Bonchev–Trinajstić information content (AvgIpc) is 2.27. The zero-order valence-electron chi connectivity index (χ0n) is 8.67. The number of nitrogens with one attached hydrogen (secondary N) is 1. The van der Waals surface area contributed by atoms with Gasteiger partial charge in [-0.05, 0) is 5.56 Å². The van der Waals surface area contributed by atoms with E-state index < -0.39 is 15.8 Å². The van der Waals surface area contributed by atoms with Gasteiger partial charge in [0.25, 0.3) is 0 Å². The summed E-state index contributed by atoms with van der Waals surface area (Å²) in [5, 5.41) is 8.27. The van der Waals surface area contributed by atoms with E-state index in [0.717, 1.165) is 0 Å². The van der Waals surface area contributed by atoms with Gasteiger partial charge in [0.05, 0.1) is 13.2 Å². The Morgan fingerprint density at radius 3 is 2.81 bits per heavy atom. The zero-order chi connectivity index (χ0) is 12.0. The van der Waals surface area contributed by atoms with Crippen LogP contribution >= 0.6 is 0 Å². The van der Waals surface area contributed by atoms with E-state index in [1.165, 1.54) is 13.3 Å². The molecule has 1 heterocycles. The van der Waals surface area contributed by atoms with Gasteiger partial charge < -0.3 is 4.74 Å². The van der Waals surface area contributed by atoms with Gasteiger partial charge in [0.15, 0.2) is 5.75 Å². The number of nitrogens with zero attached hydrogens (tertiary/aromatic N) is 2. The van der Waals surface area contributed by atoms with Crippen LogP contribution in [0.15, 0.2) is 18.3 Å². The number of nitriles is 1. The normalized spacial score (nSPS) is 10.8. The molecule has 0 amide bonds. The highest BCUT2D eigenvalue weighted by Gasteiger charge is 2.08. The second-order valence-electron chi connectivity index (χ2n) is 2.95. The van der Waals surface area contributed by atoms with Crippen LogP contribution < -0.4 is 9.46 Å². The van der Waals surface area contributed by atoms with Gasteiger partial charge in [0.2, 0.25) is 15.9 Å². The van der Waals surface area contributed by atoms with Crippen molar-refractivity contribution in [3.05, 3.63) is 23.9 Å². The number of hydrogen-bond donors (Lipinski definition) is 1. The molecular weight excluding hydrogens is 230 g/mol. The minimum absolute atomic E-state index is 0.112. The number of ether oxygens (including phenoxy) is 1. The van der Waals surface area contributed by atoms with E-state index in [4.69, 9.17) is 10.00 Å². The quantitative estimate of drug-likeness (QED) is 0.785. The molecule has 0 saturated heterocycles. The van der Waals surface area contributed by atoms with E-state index in [9.17, 15) is 8.42 Å². The molecule has 0 spiro atoms. The van der Waals surface area contributed by atoms with Crippen LogP contribution in [0.5, 0.6) is 5.88 Å². The molecule has 0 bridgehead atoms. The Hall–Kier alpha value is -1.65. The van der Waals surface area contributed by atoms with Crippen LogP contribution in [-0.2, 0) is 16.6 Å². The summed E-state index contributed by atoms with van der Waals surface area (Å²) in [5.74, 6) is -0.0834. The summed E-state index contributed by atoms with van der Waals surface area (Å²) in [5.41, 5.74) is 0.697. The smallest absolute Gasteiger partial charge is 0.225 e. The van der Waals surface area contributed by atoms with Gasteiger partial charge in [-0.25, -0.2) is 18.1 Å². The van der Waals surface area contributed by atoms with Gasteiger partial charge in [-0.3, -0.25) is 0 Å². The van der Waals surface area contributed by atoms with Crippen LogP contribution in [-0.4, -0.2) is 26.3 Å². The van der Waals surface area contributed by atoms with E-state index in [-0.39, 0.29) is 6.54 Å². The Balaban J connectivity index is 2.59. The highest BCUT2D eigenvalue weighted by atomic mass is 32.2. The molecule has 86 valence electrons. The molecule has 0 aliphatic heterocycles. The topological polar surface area (TPSA) is 92.1 Å². The fourth-order valence-electron chi connectivity index (χ4n) is 0.966. The SMILES string of the molecule is COc1ccc(CNS(=O)(=O)CC#N)cn1. The summed E-state index contributed by atoms with van der Waals surface area (Å²) in [6.45, 7) is 0.112. The van der Waals surface area contributed by atoms with Crippen LogP contribution in [0.2, 0.25) is 0 Å². The molecule has 1 N–H and O–H groups in total. The Bertz CT molecular complexity index is 476. The fraction of sp³-hybridized carbons (Fsp3) is 0.333. The number of methoxy groups -OCH3 is 1. The third-order valence-electron chi connectivity index (χ3n) is 1.76. The van der Waals surface area contributed by atoms with Gasteiger partial charge in [-0.2, -0.15) is 5.26 Å². The third-order valence-corrected chi connectivity index (χ3v) is 2.85. The van der Waals surface area contributed by atoms with Gasteiger partial charge in [-0.1, -0.05) is 6.07 Å². The number of aromatic nitrogens is 1. The Morgan fingerprint density at radius 1 is 1.56 bits per heavy atom. The Labute approximate surface area is 93.9 Å². The first-order chi connectivity index (χ1) is 7.57. The van der Waals surface area contributed by atoms with Crippen molar-refractivity contribution < 1.29 is 13.2 Å². The lowest BCUT2D eigenvalue weighted by Crippen LogP contribution is -2.25. The van der Waals surface area contributed by atoms with E-state index >= 15 is 0 Å². The van der Waals surface area contributed by atoms with Crippen molar-refractivity contribution in [2.75, 3.05) is 12.9 Å². The molecule has 0 aliphatic rings. The van der Waals surface area contributed by atoms with Crippen molar-refractivity contribution in [1.29, 1.82) is 5.26 Å². The molecule has 6 nitrogen and oxygen atoms in total. The summed E-state index contributed by atoms with van der Waals surface area (Å²) in [4.78, 5) is 3.92. The first-order valence-corrected chi connectivity index (χ1v) is 6.06. The summed E-state index contributed by atoms with van der Waals surface area (Å²) < 4.78 is 29.4. The van der Waals surface area contributed by atoms with Crippen molar-refractivity contribution in [2.45, 2.75) is 6.54 Å². The lowest BCUT2D eigenvalue weighted by atomic mass is 10.3. The lowest BCUT2D eigenvalue weighted by molar-refractivity contribution is 0.397. The molecule has 1 aromatic heterocycles. The van der Waals surface area contributed by atoms with Crippen LogP contribution in [0.25, 0.3) is 0 Å². The summed E-state index contributed by atoms with van der Waals surface area (Å²) in [6, 6.07) is 4.90. The van der Waals surface area contributed by atoms with E-state index in [1.54, 1.807) is 18.2 Å². The van der Waals surface area contributed by atoms with Crippen molar-refractivity contribution >= 4 is 10.0 Å². The molecule has 1 rings (SSSR count). The number of pyridine rings is 1. The Kier molecular flexibility index (Phi) is 4.22. The van der Waals surface area contributed by atoms with Crippen molar-refractivity contribution in [2.24, 2.45) is 0 Å². The minimum atomic E-state index is -3.52. The average molecular weight is 241 g/mol. The van der Waals surface area contributed by atoms with Gasteiger partial charge in [-0.15, -0.1) is 0 Å². The molecule has 0 unspecified atom stereocenters. The van der Waals surface area contributed by atoms with Crippen LogP contribution in [0, 0.1) is 11.3 Å². The number of sulfonamides is 1. The van der Waals surface area contributed by atoms with Crippen LogP contribution in [0.4, 0.5) is 0 Å². The molecule has 0 atom stereocenters. The first kappa shape index (κ1) is 12.4. The fourth-order valence-corrected chi connectivity index (χ4v) is 1.62. The predicted molar refractivity (Wildman–Crippen MR) is 57.0 cm³/mol. The van der Waals surface area contributed by atoms with Crippen molar-refractivity contribution in [1.82, 2.24) is 9.71 Å². The third kappa shape index (κ3) is 3.84. The number of hydrogen-bond acceptors (Lipinski definition) is 5. The minimum Gasteiger partial charge on any atom is -0.481 e. The van der Waals surface area contributed by atoms with Gasteiger partial charge in [0.1, 0.15) is 0 Å². The summed E-state index contributed by atoms with van der Waals surface area (Å²) in [7, 11) is -2.02. The van der Waals surface area contributed by atoms with E-state index in [0.29, 0.717) is 11.4 Å². The second-order valence-corrected chi connectivity index (χ2v) is 4.75. The van der Waals surface area contributed by atoms with E-state index in [2.05, 4.69) is 9.71 Å². The lowest BCUT2D eigenvalue weighted by Gasteiger charge is -2.04. The van der Waals surface area contributed by atoms with Gasteiger partial charge >= 0.3 is 0 Å². The largest absolute Gasteiger partial charge is 0.481 e. The molecular formula is C9H11N3O3S. The number of rotatable bonds is 5. The molecule has 7 heteroatoms. The van der Waals surface area contributed by atoms with Crippen LogP contribution in [0.1, 0.15) is 5.56 Å². The maximum atomic E-state index is 11.1. The zero-order valence-corrected chi connectivity index (χ0v) is 9.49. The second kappa shape index (κ2) is 5.44. The maximum absolute atomic E-state index is 11.1. The highest BCUT2D eigenvalue weighted by Crippen LogP contribution is 2.06. The summed E-state index contributed by atoms with van der Waals surface area (Å²) in [6.07, 6.45) is 1.51. The first-order valence-electron chi connectivity index (χ1n) is 4.40. The highest BCUT2D eigenvalue weighted by molar-refractivity contribution is 7.89. The van der Waals surface area contributed by atoms with Crippen LogP contribution in [0.3, 0.4) is 0 Å². The monoisotopic (exact) mass is 241 g/mol. The molecule has 0 fully saturated rings. The van der Waals surface area contributed by atoms with Gasteiger partial charge in [0, 0.05) is 18.8 Å². The summed E-state index contributed by atoms with van der Waals surface area (Å²) >= 11 is 0. The standard InChI is InChI=1S/C9H11N3O3S/c1-15-9-3-2-8(6-11-9)7-12-16(13,14)5-4-10/h2-3,6,12H,5,7H2,1H3. The Morgan fingerprint density at radius 2 is 2.31 bits per heavy atom. The predicted octanol–water partition coefficient (Wildman–Crippen LogP) is 0.0332. The molecule has 0 saturated carbocycles. The molecule has 0 aromatic carbocycles. The maximum Gasteiger partial charge on any atom is 0.225 e. The molecule has 0 aliphatic carbocycles. The van der Waals surface area contributed by atoms with Crippen molar-refractivity contribution in [3.8, 4) is 11.9 Å². The molecule has 16 heavy (non-hydrogen) atoms.